The number of hydrazone groups is 1. The van der Waals surface area contributed by atoms with E-state index in [-0.39, 0.29) is 17.4 Å². The third-order valence-electron chi connectivity index (χ3n) is 4.93. The minimum absolute atomic E-state index is 0.107. The van der Waals surface area contributed by atoms with Crippen molar-refractivity contribution in [2.24, 2.45) is 5.10 Å². The minimum atomic E-state index is -0.283. The van der Waals surface area contributed by atoms with Gasteiger partial charge in [-0.15, -0.1) is 10.2 Å². The molecule has 1 aromatic heterocycles. The number of phenols is 1. The Hall–Kier alpha value is -3.91. The van der Waals surface area contributed by atoms with Crippen LogP contribution >= 0.6 is 11.8 Å². The van der Waals surface area contributed by atoms with Crippen molar-refractivity contribution in [3.63, 3.8) is 0 Å². The minimum Gasteiger partial charge on any atom is -0.507 e. The number of aryl methyl sites for hydroxylation is 1. The van der Waals surface area contributed by atoms with Gasteiger partial charge in [0.2, 0.25) is 0 Å². The third-order valence-corrected chi connectivity index (χ3v) is 5.86. The largest absolute Gasteiger partial charge is 0.507 e. The maximum Gasteiger partial charge on any atom is 0.250 e. The first-order valence-electron chi connectivity index (χ1n) is 10.3. The van der Waals surface area contributed by atoms with E-state index in [2.05, 4.69) is 20.7 Å². The summed E-state index contributed by atoms with van der Waals surface area (Å²) in [6.07, 6.45) is 0. The summed E-state index contributed by atoms with van der Waals surface area (Å²) in [7, 11) is 0. The highest BCUT2D eigenvalue weighted by molar-refractivity contribution is 7.99. The van der Waals surface area contributed by atoms with Crippen LogP contribution in [0.1, 0.15) is 18.1 Å². The molecule has 4 rings (SSSR count). The molecular formula is C25H23N5O2S. The van der Waals surface area contributed by atoms with Crippen molar-refractivity contribution in [3.05, 3.63) is 90.0 Å². The lowest BCUT2D eigenvalue weighted by Gasteiger charge is -2.10. The molecule has 0 fully saturated rings. The Balaban J connectivity index is 1.53. The molecule has 4 aromatic rings. The molecule has 33 heavy (non-hydrogen) atoms. The lowest BCUT2D eigenvalue weighted by atomic mass is 10.1. The van der Waals surface area contributed by atoms with E-state index in [0.29, 0.717) is 22.3 Å². The first-order chi connectivity index (χ1) is 16.0. The molecule has 7 nitrogen and oxygen atoms in total. The van der Waals surface area contributed by atoms with Crippen molar-refractivity contribution in [2.75, 3.05) is 5.75 Å². The van der Waals surface area contributed by atoms with Gasteiger partial charge in [0.25, 0.3) is 5.91 Å². The van der Waals surface area contributed by atoms with Gasteiger partial charge in [-0.3, -0.25) is 9.36 Å². The van der Waals surface area contributed by atoms with Crippen molar-refractivity contribution in [1.29, 1.82) is 0 Å². The Bertz CT molecular complexity index is 1280. The predicted molar refractivity (Wildman–Crippen MR) is 131 cm³/mol. The lowest BCUT2D eigenvalue weighted by molar-refractivity contribution is -0.118. The topological polar surface area (TPSA) is 92.4 Å². The van der Waals surface area contributed by atoms with Gasteiger partial charge in [-0.2, -0.15) is 5.10 Å². The number of benzene rings is 3. The van der Waals surface area contributed by atoms with Crippen LogP contribution in [0, 0.1) is 6.92 Å². The zero-order valence-corrected chi connectivity index (χ0v) is 19.1. The summed E-state index contributed by atoms with van der Waals surface area (Å²) in [4.78, 5) is 12.4. The predicted octanol–water partition coefficient (Wildman–Crippen LogP) is 4.58. The molecule has 3 aromatic carbocycles. The normalized spacial score (nSPS) is 11.4. The summed E-state index contributed by atoms with van der Waals surface area (Å²) in [5.41, 5.74) is 6.63. The molecule has 0 saturated carbocycles. The molecule has 1 amide bonds. The number of hydrogen-bond acceptors (Lipinski definition) is 6. The fourth-order valence-corrected chi connectivity index (χ4v) is 3.96. The molecule has 0 aliphatic carbocycles. The number of aromatic hydroxyl groups is 1. The molecule has 0 spiro atoms. The van der Waals surface area contributed by atoms with E-state index < -0.39 is 0 Å². The van der Waals surface area contributed by atoms with Crippen LogP contribution in [-0.2, 0) is 4.79 Å². The molecule has 0 atom stereocenters. The third kappa shape index (κ3) is 5.30. The summed E-state index contributed by atoms with van der Waals surface area (Å²) in [6.45, 7) is 3.76. The number of amides is 1. The Morgan fingerprint density at radius 2 is 1.70 bits per heavy atom. The van der Waals surface area contributed by atoms with Crippen LogP contribution in [0.5, 0.6) is 5.75 Å². The van der Waals surface area contributed by atoms with E-state index in [0.717, 1.165) is 16.8 Å². The van der Waals surface area contributed by atoms with E-state index in [9.17, 15) is 9.90 Å². The van der Waals surface area contributed by atoms with Gasteiger partial charge in [-0.05, 0) is 38.1 Å². The zero-order chi connectivity index (χ0) is 23.2. The monoisotopic (exact) mass is 457 g/mol. The molecule has 0 aliphatic rings. The fraction of sp³-hybridized carbons (Fsp3) is 0.120. The SMILES string of the molecule is C/C(=N/NC(=O)CSc1nnc(-c2ccccc2)n1-c1ccc(C)cc1)c1ccccc1O. The smallest absolute Gasteiger partial charge is 0.250 e. The summed E-state index contributed by atoms with van der Waals surface area (Å²) in [6, 6.07) is 24.7. The number of para-hydroxylation sites is 1. The molecule has 0 unspecified atom stereocenters. The first-order valence-corrected chi connectivity index (χ1v) is 11.3. The molecule has 2 N–H and O–H groups in total. The Kier molecular flexibility index (Phi) is 6.85. The second kappa shape index (κ2) is 10.1. The number of nitrogens with zero attached hydrogens (tertiary/aromatic N) is 4. The summed E-state index contributed by atoms with van der Waals surface area (Å²) in [5, 5.41) is 23.4. The molecular weight excluding hydrogens is 434 g/mol. The lowest BCUT2D eigenvalue weighted by Crippen LogP contribution is -2.21. The van der Waals surface area contributed by atoms with Crippen LogP contribution in [0.3, 0.4) is 0 Å². The summed E-state index contributed by atoms with van der Waals surface area (Å²) in [5.74, 6) is 0.642. The Morgan fingerprint density at radius 1 is 1.00 bits per heavy atom. The van der Waals surface area contributed by atoms with Crippen LogP contribution in [0.25, 0.3) is 17.1 Å². The van der Waals surface area contributed by atoms with Crippen LogP contribution in [0.2, 0.25) is 0 Å². The van der Waals surface area contributed by atoms with Gasteiger partial charge in [-0.25, -0.2) is 5.43 Å². The van der Waals surface area contributed by atoms with Crippen molar-refractivity contribution in [2.45, 2.75) is 19.0 Å². The quantitative estimate of drug-likeness (QED) is 0.241. The summed E-state index contributed by atoms with van der Waals surface area (Å²) < 4.78 is 1.95. The van der Waals surface area contributed by atoms with Gasteiger partial charge in [0.15, 0.2) is 11.0 Å². The Labute approximate surface area is 196 Å². The van der Waals surface area contributed by atoms with Gasteiger partial charge in [0.1, 0.15) is 5.75 Å². The number of nitrogens with one attached hydrogen (secondary N) is 1. The summed E-state index contributed by atoms with van der Waals surface area (Å²) >= 11 is 1.28. The van der Waals surface area contributed by atoms with E-state index in [1.54, 1.807) is 31.2 Å². The number of carbonyl (C=O) groups is 1. The maximum absolute atomic E-state index is 12.4. The van der Waals surface area contributed by atoms with Gasteiger partial charge in [0, 0.05) is 16.8 Å². The van der Waals surface area contributed by atoms with Gasteiger partial charge in [0.05, 0.1) is 11.5 Å². The molecule has 0 aliphatic heterocycles. The van der Waals surface area contributed by atoms with Crippen molar-refractivity contribution < 1.29 is 9.90 Å². The van der Waals surface area contributed by atoms with Gasteiger partial charge in [-0.1, -0.05) is 71.9 Å². The van der Waals surface area contributed by atoms with Crippen molar-refractivity contribution >= 4 is 23.4 Å². The number of aromatic nitrogens is 3. The average molecular weight is 458 g/mol. The number of phenolic OH excluding ortho intramolecular Hbond substituents is 1. The van der Waals surface area contributed by atoms with E-state index in [1.807, 2.05) is 66.1 Å². The zero-order valence-electron chi connectivity index (χ0n) is 18.3. The average Bonchev–Trinajstić information content (AvgIpc) is 3.26. The van der Waals surface area contributed by atoms with Crippen molar-refractivity contribution in [3.8, 4) is 22.8 Å². The van der Waals surface area contributed by atoms with Gasteiger partial charge >= 0.3 is 0 Å². The second-order valence-electron chi connectivity index (χ2n) is 7.38. The second-order valence-corrected chi connectivity index (χ2v) is 8.32. The van der Waals surface area contributed by atoms with E-state index in [4.69, 9.17) is 0 Å². The fourth-order valence-electron chi connectivity index (χ4n) is 3.21. The standard InChI is InChI=1S/C25H23N5O2S/c1-17-12-14-20(15-13-17)30-24(19-8-4-3-5-9-19)28-29-25(30)33-16-23(32)27-26-18(2)21-10-6-7-11-22(21)31/h3-15,31H,16H2,1-2H3,(H,27,32)/b26-18-. The Morgan fingerprint density at radius 3 is 2.42 bits per heavy atom. The number of rotatable bonds is 7. The highest BCUT2D eigenvalue weighted by atomic mass is 32.2. The number of thioether (sulfide) groups is 1. The molecule has 166 valence electrons. The number of carbonyl (C=O) groups excluding carboxylic acids is 1. The first kappa shape index (κ1) is 22.3. The van der Waals surface area contributed by atoms with Crippen LogP contribution < -0.4 is 5.43 Å². The van der Waals surface area contributed by atoms with E-state index >= 15 is 0 Å². The molecule has 0 saturated heterocycles. The van der Waals surface area contributed by atoms with Crippen molar-refractivity contribution in [1.82, 2.24) is 20.2 Å². The van der Waals surface area contributed by atoms with E-state index in [1.165, 1.54) is 11.8 Å². The van der Waals surface area contributed by atoms with Gasteiger partial charge < -0.3 is 5.11 Å². The number of hydrogen-bond donors (Lipinski definition) is 2. The molecule has 0 radical (unpaired) electrons. The molecule has 8 heteroatoms. The highest BCUT2D eigenvalue weighted by Gasteiger charge is 2.17. The van der Waals surface area contributed by atoms with Crippen LogP contribution in [0.4, 0.5) is 0 Å². The van der Waals surface area contributed by atoms with Crippen LogP contribution in [-0.4, -0.2) is 37.2 Å². The molecule has 0 bridgehead atoms. The van der Waals surface area contributed by atoms with Crippen LogP contribution in [0.15, 0.2) is 89.1 Å². The highest BCUT2D eigenvalue weighted by Crippen LogP contribution is 2.28. The molecule has 1 heterocycles. The maximum atomic E-state index is 12.4.